The van der Waals surface area contributed by atoms with Gasteiger partial charge in [0.25, 0.3) is 5.91 Å². The fraction of sp³-hybridized carbons (Fsp3) is 0.533. The van der Waals surface area contributed by atoms with Gasteiger partial charge >= 0.3 is 6.18 Å². The number of hydrogen-bond acceptors (Lipinski definition) is 3. The van der Waals surface area contributed by atoms with Gasteiger partial charge in [-0.3, -0.25) is 4.79 Å². The zero-order chi connectivity index (χ0) is 17.5. The number of aryl methyl sites for hydroxylation is 1. The van der Waals surface area contributed by atoms with E-state index in [2.05, 4.69) is 31.3 Å². The van der Waals surface area contributed by atoms with Gasteiger partial charge in [0.05, 0.1) is 4.47 Å². The molecule has 3 rings (SSSR count). The van der Waals surface area contributed by atoms with Crippen LogP contribution >= 0.6 is 15.9 Å². The van der Waals surface area contributed by atoms with E-state index in [1.807, 2.05) is 0 Å². The first-order valence-electron chi connectivity index (χ1n) is 7.71. The van der Waals surface area contributed by atoms with Gasteiger partial charge in [0, 0.05) is 11.7 Å². The first-order valence-corrected chi connectivity index (χ1v) is 8.50. The van der Waals surface area contributed by atoms with Crippen LogP contribution in [0.25, 0.3) is 5.65 Å². The molecule has 0 unspecified atom stereocenters. The summed E-state index contributed by atoms with van der Waals surface area (Å²) in [5, 5.41) is 6.72. The lowest BCUT2D eigenvalue weighted by Gasteiger charge is -2.22. The summed E-state index contributed by atoms with van der Waals surface area (Å²) in [6, 6.07) is 0.953. The number of alkyl halides is 3. The molecule has 0 bridgehead atoms. The van der Waals surface area contributed by atoms with Gasteiger partial charge in [0.15, 0.2) is 11.3 Å². The Kier molecular flexibility index (Phi) is 4.54. The number of carbonyl (C=O) groups excluding carboxylic acids is 1. The molecule has 1 aliphatic carbocycles. The van der Waals surface area contributed by atoms with Crippen molar-refractivity contribution in [2.24, 2.45) is 0 Å². The third kappa shape index (κ3) is 3.26. The van der Waals surface area contributed by atoms with E-state index in [1.54, 1.807) is 0 Å². The first-order chi connectivity index (χ1) is 11.3. The summed E-state index contributed by atoms with van der Waals surface area (Å²) in [5.74, 6) is -0.481. The number of carbonyl (C=O) groups is 1. The maximum atomic E-state index is 13.2. The lowest BCUT2D eigenvalue weighted by Crippen LogP contribution is -2.36. The van der Waals surface area contributed by atoms with Crippen LogP contribution in [-0.2, 0) is 6.18 Å². The standard InChI is InChI=1S/C15H16BrF3N4O/c1-8-7-10(15(17,18)19)23-13(20-8)11(16)12(22-23)14(24)21-9-5-3-2-4-6-9/h7,9H,2-6H2,1H3,(H,21,24). The summed E-state index contributed by atoms with van der Waals surface area (Å²) in [6.45, 7) is 1.47. The average molecular weight is 405 g/mol. The van der Waals surface area contributed by atoms with E-state index in [4.69, 9.17) is 0 Å². The minimum Gasteiger partial charge on any atom is -0.348 e. The smallest absolute Gasteiger partial charge is 0.348 e. The molecule has 0 spiro atoms. The number of hydrogen-bond donors (Lipinski definition) is 1. The predicted molar refractivity (Wildman–Crippen MR) is 84.8 cm³/mol. The molecule has 0 saturated heterocycles. The fourth-order valence-electron chi connectivity index (χ4n) is 2.96. The number of rotatable bonds is 2. The maximum absolute atomic E-state index is 13.2. The molecule has 9 heteroatoms. The van der Waals surface area contributed by atoms with Crippen molar-refractivity contribution in [3.05, 3.63) is 27.6 Å². The highest BCUT2D eigenvalue weighted by Gasteiger charge is 2.36. The number of fused-ring (bicyclic) bond motifs is 1. The number of nitrogens with zero attached hydrogens (tertiary/aromatic N) is 3. The molecule has 130 valence electrons. The Morgan fingerprint density at radius 3 is 2.62 bits per heavy atom. The predicted octanol–water partition coefficient (Wildman–Crippen LogP) is 3.88. The van der Waals surface area contributed by atoms with Gasteiger partial charge in [-0.15, -0.1) is 0 Å². The molecule has 5 nitrogen and oxygen atoms in total. The molecule has 2 aromatic rings. The minimum atomic E-state index is -4.59. The molecular formula is C15H16BrF3N4O. The highest BCUT2D eigenvalue weighted by molar-refractivity contribution is 9.10. The first kappa shape index (κ1) is 17.2. The molecule has 2 heterocycles. The molecule has 1 amide bonds. The Labute approximate surface area is 144 Å². The topological polar surface area (TPSA) is 59.3 Å². The van der Waals surface area contributed by atoms with Gasteiger partial charge in [-0.2, -0.15) is 18.3 Å². The van der Waals surface area contributed by atoms with Crippen molar-refractivity contribution in [2.75, 3.05) is 0 Å². The molecular weight excluding hydrogens is 389 g/mol. The third-order valence-electron chi connectivity index (χ3n) is 4.11. The second-order valence-corrected chi connectivity index (χ2v) is 6.78. The van der Waals surface area contributed by atoms with Crippen LogP contribution in [0.5, 0.6) is 0 Å². The van der Waals surface area contributed by atoms with E-state index in [0.29, 0.717) is 4.52 Å². The Hall–Kier alpha value is -1.64. The summed E-state index contributed by atoms with van der Waals surface area (Å²) in [7, 11) is 0. The summed E-state index contributed by atoms with van der Waals surface area (Å²) < 4.78 is 40.5. The van der Waals surface area contributed by atoms with Crippen LogP contribution in [0.15, 0.2) is 10.5 Å². The summed E-state index contributed by atoms with van der Waals surface area (Å²) >= 11 is 3.18. The van der Waals surface area contributed by atoms with Gasteiger partial charge < -0.3 is 5.32 Å². The van der Waals surface area contributed by atoms with Crippen LogP contribution < -0.4 is 5.32 Å². The van der Waals surface area contributed by atoms with Crippen molar-refractivity contribution in [3.8, 4) is 0 Å². The van der Waals surface area contributed by atoms with Gasteiger partial charge in [0.2, 0.25) is 0 Å². The molecule has 0 atom stereocenters. The Morgan fingerprint density at radius 1 is 1.33 bits per heavy atom. The second kappa shape index (κ2) is 6.34. The van der Waals surface area contributed by atoms with Gasteiger partial charge in [0.1, 0.15) is 5.69 Å². The Bertz CT molecular complexity index is 781. The van der Waals surface area contributed by atoms with E-state index < -0.39 is 17.8 Å². The zero-order valence-electron chi connectivity index (χ0n) is 13.0. The molecule has 1 N–H and O–H groups in total. The van der Waals surface area contributed by atoms with Gasteiger partial charge in [-0.05, 0) is 41.8 Å². The number of nitrogens with one attached hydrogen (secondary N) is 1. The van der Waals surface area contributed by atoms with Crippen molar-refractivity contribution in [2.45, 2.75) is 51.2 Å². The summed E-state index contributed by atoms with van der Waals surface area (Å²) in [6.07, 6.45) is 0.382. The van der Waals surface area contributed by atoms with Crippen LogP contribution in [0.4, 0.5) is 13.2 Å². The van der Waals surface area contributed by atoms with E-state index in [0.717, 1.165) is 38.2 Å². The van der Waals surface area contributed by atoms with Crippen LogP contribution in [0.1, 0.15) is 54.0 Å². The van der Waals surface area contributed by atoms with Crippen LogP contribution in [-0.4, -0.2) is 26.5 Å². The van der Waals surface area contributed by atoms with Gasteiger partial charge in [-0.25, -0.2) is 9.50 Å². The van der Waals surface area contributed by atoms with Crippen LogP contribution in [0.3, 0.4) is 0 Å². The van der Waals surface area contributed by atoms with Crippen molar-refractivity contribution in [1.82, 2.24) is 19.9 Å². The lowest BCUT2D eigenvalue weighted by molar-refractivity contribution is -0.142. The maximum Gasteiger partial charge on any atom is 0.433 e. The largest absolute Gasteiger partial charge is 0.433 e. The lowest BCUT2D eigenvalue weighted by atomic mass is 9.95. The van der Waals surface area contributed by atoms with Crippen molar-refractivity contribution in [1.29, 1.82) is 0 Å². The third-order valence-corrected chi connectivity index (χ3v) is 4.84. The number of aromatic nitrogens is 3. The van der Waals surface area contributed by atoms with Crippen molar-refractivity contribution in [3.63, 3.8) is 0 Å². The summed E-state index contributed by atoms with van der Waals surface area (Å²) in [4.78, 5) is 16.5. The fourth-order valence-corrected chi connectivity index (χ4v) is 3.48. The van der Waals surface area contributed by atoms with Crippen molar-refractivity contribution < 1.29 is 18.0 Å². The number of halogens is 4. The highest BCUT2D eigenvalue weighted by atomic mass is 79.9. The molecule has 0 aromatic carbocycles. The summed E-state index contributed by atoms with van der Waals surface area (Å²) in [5.41, 5.74) is -0.850. The SMILES string of the molecule is Cc1cc(C(F)(F)F)n2nc(C(=O)NC3CCCCC3)c(Br)c2n1. The van der Waals surface area contributed by atoms with Crippen LogP contribution in [0.2, 0.25) is 0 Å². The second-order valence-electron chi connectivity index (χ2n) is 5.99. The molecule has 0 radical (unpaired) electrons. The quantitative estimate of drug-likeness (QED) is 0.825. The molecule has 24 heavy (non-hydrogen) atoms. The number of amides is 1. The normalized spacial score (nSPS) is 16.5. The molecule has 1 saturated carbocycles. The molecule has 0 aliphatic heterocycles. The molecule has 1 aliphatic rings. The van der Waals surface area contributed by atoms with E-state index in [9.17, 15) is 18.0 Å². The van der Waals surface area contributed by atoms with E-state index in [1.165, 1.54) is 6.92 Å². The van der Waals surface area contributed by atoms with Gasteiger partial charge in [-0.1, -0.05) is 19.3 Å². The highest BCUT2D eigenvalue weighted by Crippen LogP contribution is 2.32. The molecule has 2 aromatic heterocycles. The van der Waals surface area contributed by atoms with Crippen molar-refractivity contribution >= 4 is 27.5 Å². The van der Waals surface area contributed by atoms with Crippen LogP contribution in [0, 0.1) is 6.92 Å². The minimum absolute atomic E-state index is 0.0175. The van der Waals surface area contributed by atoms with E-state index >= 15 is 0 Å². The average Bonchev–Trinajstić information content (AvgIpc) is 2.84. The zero-order valence-corrected chi connectivity index (χ0v) is 14.5. The molecule has 1 fully saturated rings. The monoisotopic (exact) mass is 404 g/mol. The Balaban J connectivity index is 2.00. The van der Waals surface area contributed by atoms with E-state index in [-0.39, 0.29) is 27.5 Å². The Morgan fingerprint density at radius 2 is 2.00 bits per heavy atom.